The summed E-state index contributed by atoms with van der Waals surface area (Å²) in [6.07, 6.45) is 1.63. The first-order chi connectivity index (χ1) is 5.40. The van der Waals surface area contributed by atoms with Crippen LogP contribution in [0.25, 0.3) is 0 Å². The van der Waals surface area contributed by atoms with E-state index in [1.807, 2.05) is 6.92 Å². The van der Waals surface area contributed by atoms with Gasteiger partial charge in [-0.25, -0.2) is 8.42 Å². The van der Waals surface area contributed by atoms with Crippen LogP contribution in [0.1, 0.15) is 33.6 Å². The van der Waals surface area contributed by atoms with Crippen LogP contribution in [0, 0.1) is 0 Å². The van der Waals surface area contributed by atoms with E-state index in [1.54, 1.807) is 13.8 Å². The number of sulfone groups is 1. The molecule has 12 heavy (non-hydrogen) atoms. The Bertz CT molecular complexity index is 209. The Kier molecular flexibility index (Phi) is 4.78. The maximum Gasteiger partial charge on any atom is 0.154 e. The summed E-state index contributed by atoms with van der Waals surface area (Å²) >= 11 is 0. The van der Waals surface area contributed by atoms with Crippen molar-refractivity contribution in [3.63, 3.8) is 0 Å². The molecule has 3 nitrogen and oxygen atoms in total. The van der Waals surface area contributed by atoms with Gasteiger partial charge in [0.2, 0.25) is 0 Å². The fraction of sp³-hybridized carbons (Fsp3) is 1.00. The third-order valence-corrected chi connectivity index (χ3v) is 4.26. The van der Waals surface area contributed by atoms with Crippen molar-refractivity contribution in [2.24, 2.45) is 5.73 Å². The summed E-state index contributed by atoms with van der Waals surface area (Å²) in [5.41, 5.74) is 5.43. The zero-order valence-electron chi connectivity index (χ0n) is 8.08. The summed E-state index contributed by atoms with van der Waals surface area (Å²) in [7, 11) is -2.95. The highest BCUT2D eigenvalue weighted by atomic mass is 32.2. The molecule has 0 aliphatic carbocycles. The van der Waals surface area contributed by atoms with Crippen LogP contribution in [0.5, 0.6) is 0 Å². The molecule has 0 radical (unpaired) electrons. The molecule has 0 bridgehead atoms. The van der Waals surface area contributed by atoms with Crippen molar-refractivity contribution in [2.75, 3.05) is 5.75 Å². The second-order valence-corrected chi connectivity index (χ2v) is 5.87. The van der Waals surface area contributed by atoms with E-state index in [1.165, 1.54) is 0 Å². The van der Waals surface area contributed by atoms with Gasteiger partial charge in [0.1, 0.15) is 0 Å². The van der Waals surface area contributed by atoms with E-state index >= 15 is 0 Å². The lowest BCUT2D eigenvalue weighted by molar-refractivity contribution is 0.570. The summed E-state index contributed by atoms with van der Waals surface area (Å²) < 4.78 is 22.9. The molecule has 0 rings (SSSR count). The molecule has 0 heterocycles. The van der Waals surface area contributed by atoms with Crippen molar-refractivity contribution in [3.05, 3.63) is 0 Å². The van der Waals surface area contributed by atoms with Gasteiger partial charge in [-0.15, -0.1) is 0 Å². The van der Waals surface area contributed by atoms with Crippen LogP contribution in [0.2, 0.25) is 0 Å². The second-order valence-electron chi connectivity index (χ2n) is 3.41. The van der Waals surface area contributed by atoms with Crippen molar-refractivity contribution >= 4 is 9.84 Å². The normalized spacial score (nSPS) is 17.3. The highest BCUT2D eigenvalue weighted by Crippen LogP contribution is 2.09. The Labute approximate surface area is 75.3 Å². The van der Waals surface area contributed by atoms with Gasteiger partial charge < -0.3 is 5.73 Å². The van der Waals surface area contributed by atoms with E-state index in [0.29, 0.717) is 0 Å². The molecule has 0 aliphatic rings. The molecule has 0 saturated heterocycles. The van der Waals surface area contributed by atoms with Crippen LogP contribution >= 0.6 is 0 Å². The first kappa shape index (κ1) is 11.9. The summed E-state index contributed by atoms with van der Waals surface area (Å²) in [6, 6.07) is -0.255. The fourth-order valence-corrected chi connectivity index (χ4v) is 2.77. The average Bonchev–Trinajstić information content (AvgIpc) is 1.85. The highest BCUT2D eigenvalue weighted by Gasteiger charge is 2.20. The number of rotatable bonds is 5. The smallest absolute Gasteiger partial charge is 0.154 e. The van der Waals surface area contributed by atoms with Gasteiger partial charge in [-0.1, -0.05) is 13.3 Å². The predicted octanol–water partition coefficient (Wildman–Crippen LogP) is 0.937. The molecule has 0 aliphatic heterocycles. The molecular weight excluding hydrogens is 174 g/mol. The van der Waals surface area contributed by atoms with E-state index in [0.717, 1.165) is 12.8 Å². The Balaban J connectivity index is 4.20. The Hall–Kier alpha value is -0.0900. The van der Waals surface area contributed by atoms with Crippen LogP contribution in [-0.4, -0.2) is 25.5 Å². The summed E-state index contributed by atoms with van der Waals surface area (Å²) in [5, 5.41) is -0.242. The molecule has 2 N–H and O–H groups in total. The first-order valence-corrected chi connectivity index (χ1v) is 6.08. The molecule has 74 valence electrons. The van der Waals surface area contributed by atoms with Gasteiger partial charge in [0.15, 0.2) is 9.84 Å². The highest BCUT2D eigenvalue weighted by molar-refractivity contribution is 7.92. The fourth-order valence-electron chi connectivity index (χ4n) is 1.12. The zero-order chi connectivity index (χ0) is 9.78. The molecule has 0 amide bonds. The average molecular weight is 193 g/mol. The lowest BCUT2D eigenvalue weighted by atomic mass is 10.3. The van der Waals surface area contributed by atoms with Crippen molar-refractivity contribution < 1.29 is 8.42 Å². The lowest BCUT2D eigenvalue weighted by Crippen LogP contribution is -2.31. The van der Waals surface area contributed by atoms with Crippen molar-refractivity contribution in [1.82, 2.24) is 0 Å². The van der Waals surface area contributed by atoms with E-state index in [9.17, 15) is 8.42 Å². The van der Waals surface area contributed by atoms with Crippen LogP contribution in [-0.2, 0) is 9.84 Å². The van der Waals surface area contributed by atoms with Crippen LogP contribution in [0.3, 0.4) is 0 Å². The molecule has 0 spiro atoms. The Morgan fingerprint density at radius 2 is 1.83 bits per heavy atom. The minimum Gasteiger partial charge on any atom is -0.327 e. The van der Waals surface area contributed by atoms with Gasteiger partial charge in [0, 0.05) is 6.04 Å². The molecular formula is C8H19NO2S. The first-order valence-electron chi connectivity index (χ1n) is 4.37. The van der Waals surface area contributed by atoms with Crippen molar-refractivity contribution in [1.29, 1.82) is 0 Å². The van der Waals surface area contributed by atoms with Gasteiger partial charge in [0.05, 0.1) is 11.0 Å². The quantitative estimate of drug-likeness (QED) is 0.707. The number of hydrogen-bond acceptors (Lipinski definition) is 3. The molecule has 0 fully saturated rings. The minimum absolute atomic E-state index is 0.105. The second kappa shape index (κ2) is 4.82. The molecule has 2 unspecified atom stereocenters. The third-order valence-electron chi connectivity index (χ3n) is 1.80. The molecule has 2 atom stereocenters. The van der Waals surface area contributed by atoms with Crippen LogP contribution < -0.4 is 5.73 Å². The molecule has 0 aromatic carbocycles. The SMILES string of the molecule is CCCC(C)S(=O)(=O)CC(C)N. The van der Waals surface area contributed by atoms with E-state index in [4.69, 9.17) is 5.73 Å². The van der Waals surface area contributed by atoms with Crippen LogP contribution in [0.15, 0.2) is 0 Å². The summed E-state index contributed by atoms with van der Waals surface area (Å²) in [6.45, 7) is 5.45. The van der Waals surface area contributed by atoms with Gasteiger partial charge in [0.25, 0.3) is 0 Å². The van der Waals surface area contributed by atoms with Gasteiger partial charge in [-0.05, 0) is 20.3 Å². The van der Waals surface area contributed by atoms with E-state index < -0.39 is 9.84 Å². The minimum atomic E-state index is -2.95. The molecule has 0 aromatic heterocycles. The largest absolute Gasteiger partial charge is 0.327 e. The van der Waals surface area contributed by atoms with Crippen molar-refractivity contribution in [3.8, 4) is 0 Å². The standard InChI is InChI=1S/C8H19NO2S/c1-4-5-8(3)12(10,11)6-7(2)9/h7-8H,4-6,9H2,1-3H3. The van der Waals surface area contributed by atoms with Gasteiger partial charge >= 0.3 is 0 Å². The van der Waals surface area contributed by atoms with Crippen LogP contribution in [0.4, 0.5) is 0 Å². The van der Waals surface area contributed by atoms with Gasteiger partial charge in [-0.2, -0.15) is 0 Å². The third kappa shape index (κ3) is 4.07. The number of hydrogen-bond donors (Lipinski definition) is 1. The number of nitrogens with two attached hydrogens (primary N) is 1. The maximum atomic E-state index is 11.5. The van der Waals surface area contributed by atoms with Crippen molar-refractivity contribution in [2.45, 2.75) is 44.9 Å². The molecule has 0 aromatic rings. The van der Waals surface area contributed by atoms with E-state index in [2.05, 4.69) is 0 Å². The lowest BCUT2D eigenvalue weighted by Gasteiger charge is -2.13. The monoisotopic (exact) mass is 193 g/mol. The Morgan fingerprint density at radius 1 is 1.33 bits per heavy atom. The van der Waals surface area contributed by atoms with Gasteiger partial charge in [-0.3, -0.25) is 0 Å². The van der Waals surface area contributed by atoms with E-state index in [-0.39, 0.29) is 17.0 Å². The zero-order valence-corrected chi connectivity index (χ0v) is 8.89. The molecule has 4 heteroatoms. The predicted molar refractivity (Wildman–Crippen MR) is 51.8 cm³/mol. The Morgan fingerprint density at radius 3 is 2.17 bits per heavy atom. The topological polar surface area (TPSA) is 60.2 Å². The summed E-state index contributed by atoms with van der Waals surface area (Å²) in [4.78, 5) is 0. The summed E-state index contributed by atoms with van der Waals surface area (Å²) in [5.74, 6) is 0.105. The maximum absolute atomic E-state index is 11.5. The molecule has 0 saturated carbocycles.